The van der Waals surface area contributed by atoms with Crippen LogP contribution in [0, 0.1) is 0 Å². The lowest BCUT2D eigenvalue weighted by Gasteiger charge is -2.00. The van der Waals surface area contributed by atoms with Crippen LogP contribution < -0.4 is 4.74 Å². The van der Waals surface area contributed by atoms with E-state index in [4.69, 9.17) is 16.3 Å². The van der Waals surface area contributed by atoms with E-state index in [-0.39, 0.29) is 5.78 Å². The van der Waals surface area contributed by atoms with Gasteiger partial charge in [0.2, 0.25) is 0 Å². The molecule has 3 aromatic rings. The SMILES string of the molecule is COc1ccc(-c2ccc(/C=C/C(=O)c3ccc(Cl)s3)s2)cc1. The van der Waals surface area contributed by atoms with E-state index >= 15 is 0 Å². The molecule has 0 aliphatic heterocycles. The molecular weight excluding hydrogens is 348 g/mol. The first-order chi connectivity index (χ1) is 11.2. The minimum Gasteiger partial charge on any atom is -0.497 e. The third-order valence-electron chi connectivity index (χ3n) is 3.22. The predicted octanol–water partition coefficient (Wildman–Crippen LogP) is 6.03. The fourth-order valence-electron chi connectivity index (χ4n) is 2.04. The number of methoxy groups -OCH3 is 1. The van der Waals surface area contributed by atoms with Crippen LogP contribution >= 0.6 is 34.3 Å². The molecule has 0 aliphatic carbocycles. The van der Waals surface area contributed by atoms with Crippen molar-refractivity contribution in [1.29, 1.82) is 0 Å². The Balaban J connectivity index is 1.73. The van der Waals surface area contributed by atoms with Gasteiger partial charge in [0.05, 0.1) is 16.3 Å². The van der Waals surface area contributed by atoms with Gasteiger partial charge in [-0.25, -0.2) is 0 Å². The van der Waals surface area contributed by atoms with Crippen LogP contribution in [0.2, 0.25) is 4.34 Å². The lowest BCUT2D eigenvalue weighted by Crippen LogP contribution is -1.87. The number of thiophene rings is 2. The van der Waals surface area contributed by atoms with Gasteiger partial charge in [0.1, 0.15) is 5.75 Å². The van der Waals surface area contributed by atoms with E-state index < -0.39 is 0 Å². The van der Waals surface area contributed by atoms with Crippen molar-refractivity contribution in [2.75, 3.05) is 7.11 Å². The third-order valence-corrected chi connectivity index (χ3v) is 5.56. The summed E-state index contributed by atoms with van der Waals surface area (Å²) in [4.78, 5) is 14.9. The summed E-state index contributed by atoms with van der Waals surface area (Å²) < 4.78 is 5.79. The second kappa shape index (κ2) is 7.13. The molecule has 0 bridgehead atoms. The number of rotatable bonds is 5. The molecule has 0 N–H and O–H groups in total. The second-order valence-electron chi connectivity index (χ2n) is 4.73. The van der Waals surface area contributed by atoms with E-state index in [1.165, 1.54) is 11.3 Å². The van der Waals surface area contributed by atoms with Crippen molar-refractivity contribution in [2.45, 2.75) is 0 Å². The molecule has 116 valence electrons. The molecule has 0 fully saturated rings. The number of allylic oxidation sites excluding steroid dienone is 1. The number of carbonyl (C=O) groups is 1. The van der Waals surface area contributed by atoms with E-state index in [0.29, 0.717) is 9.21 Å². The summed E-state index contributed by atoms with van der Waals surface area (Å²) in [5.41, 5.74) is 1.13. The van der Waals surface area contributed by atoms with Gasteiger partial charge in [0.15, 0.2) is 5.78 Å². The van der Waals surface area contributed by atoms with Crippen molar-refractivity contribution in [1.82, 2.24) is 0 Å². The van der Waals surface area contributed by atoms with Gasteiger partial charge in [0.25, 0.3) is 0 Å². The van der Waals surface area contributed by atoms with Crippen molar-refractivity contribution >= 4 is 46.1 Å². The van der Waals surface area contributed by atoms with Crippen LogP contribution in [-0.2, 0) is 0 Å². The molecule has 2 nitrogen and oxygen atoms in total. The Labute approximate surface area is 147 Å². The number of carbonyl (C=O) groups excluding carboxylic acids is 1. The van der Waals surface area contributed by atoms with Gasteiger partial charge in [-0.2, -0.15) is 0 Å². The maximum atomic E-state index is 12.0. The summed E-state index contributed by atoms with van der Waals surface area (Å²) >= 11 is 8.78. The van der Waals surface area contributed by atoms with Crippen LogP contribution in [-0.4, -0.2) is 12.9 Å². The first kappa shape index (κ1) is 16.0. The zero-order chi connectivity index (χ0) is 16.2. The van der Waals surface area contributed by atoms with Crippen molar-refractivity contribution in [3.63, 3.8) is 0 Å². The molecule has 2 heterocycles. The average molecular weight is 361 g/mol. The van der Waals surface area contributed by atoms with Crippen LogP contribution in [0.25, 0.3) is 16.5 Å². The van der Waals surface area contributed by atoms with Crippen LogP contribution in [0.5, 0.6) is 5.75 Å². The molecule has 2 aromatic heterocycles. The van der Waals surface area contributed by atoms with Gasteiger partial charge in [-0.3, -0.25) is 4.79 Å². The Bertz CT molecular complexity index is 844. The zero-order valence-electron chi connectivity index (χ0n) is 12.3. The van der Waals surface area contributed by atoms with E-state index in [2.05, 4.69) is 6.07 Å². The third kappa shape index (κ3) is 3.91. The molecule has 0 radical (unpaired) electrons. The Morgan fingerprint density at radius 1 is 1.04 bits per heavy atom. The normalized spacial score (nSPS) is 11.0. The second-order valence-corrected chi connectivity index (χ2v) is 7.56. The summed E-state index contributed by atoms with van der Waals surface area (Å²) in [7, 11) is 1.65. The molecule has 0 saturated heterocycles. The van der Waals surface area contributed by atoms with E-state index in [1.807, 2.05) is 36.4 Å². The molecule has 0 atom stereocenters. The topological polar surface area (TPSA) is 26.3 Å². The van der Waals surface area contributed by atoms with E-state index in [9.17, 15) is 4.79 Å². The van der Waals surface area contributed by atoms with Crippen LogP contribution in [0.1, 0.15) is 14.5 Å². The lowest BCUT2D eigenvalue weighted by molar-refractivity contribution is 0.105. The Morgan fingerprint density at radius 3 is 2.48 bits per heavy atom. The lowest BCUT2D eigenvalue weighted by atomic mass is 10.2. The van der Waals surface area contributed by atoms with E-state index in [0.717, 1.165) is 21.1 Å². The van der Waals surface area contributed by atoms with Crippen molar-refractivity contribution < 1.29 is 9.53 Å². The largest absolute Gasteiger partial charge is 0.497 e. The maximum absolute atomic E-state index is 12.0. The molecule has 0 aliphatic rings. The average Bonchev–Trinajstić information content (AvgIpc) is 3.22. The van der Waals surface area contributed by atoms with Gasteiger partial charge in [-0.05, 0) is 66.2 Å². The highest BCUT2D eigenvalue weighted by Crippen LogP contribution is 2.30. The van der Waals surface area contributed by atoms with Crippen LogP contribution in [0.4, 0.5) is 0 Å². The van der Waals surface area contributed by atoms with Gasteiger partial charge in [0, 0.05) is 9.75 Å². The van der Waals surface area contributed by atoms with Gasteiger partial charge in [-0.15, -0.1) is 22.7 Å². The number of hydrogen-bond acceptors (Lipinski definition) is 4. The first-order valence-corrected chi connectivity index (χ1v) is 8.89. The minimum absolute atomic E-state index is 0.0266. The Morgan fingerprint density at radius 2 is 1.83 bits per heavy atom. The van der Waals surface area contributed by atoms with Crippen molar-refractivity contribution in [3.8, 4) is 16.2 Å². The fourth-order valence-corrected chi connectivity index (χ4v) is 3.92. The van der Waals surface area contributed by atoms with E-state index in [1.54, 1.807) is 36.7 Å². The summed E-state index contributed by atoms with van der Waals surface area (Å²) in [5.74, 6) is 0.812. The molecular formula is C18H13ClO2S2. The monoisotopic (exact) mass is 360 g/mol. The van der Waals surface area contributed by atoms with Crippen molar-refractivity contribution in [3.05, 3.63) is 68.7 Å². The fraction of sp³-hybridized carbons (Fsp3) is 0.0556. The summed E-state index contributed by atoms with van der Waals surface area (Å²) in [6.07, 6.45) is 3.43. The van der Waals surface area contributed by atoms with Crippen molar-refractivity contribution in [2.24, 2.45) is 0 Å². The van der Waals surface area contributed by atoms with Crippen LogP contribution in [0.15, 0.2) is 54.6 Å². The van der Waals surface area contributed by atoms with Gasteiger partial charge < -0.3 is 4.74 Å². The Kier molecular flexibility index (Phi) is 4.96. The molecule has 0 unspecified atom stereocenters. The maximum Gasteiger partial charge on any atom is 0.195 e. The van der Waals surface area contributed by atoms with Crippen LogP contribution in [0.3, 0.4) is 0 Å². The number of benzene rings is 1. The number of hydrogen-bond donors (Lipinski definition) is 0. The smallest absolute Gasteiger partial charge is 0.195 e. The minimum atomic E-state index is -0.0266. The molecule has 1 aromatic carbocycles. The quantitative estimate of drug-likeness (QED) is 0.410. The molecule has 0 spiro atoms. The highest BCUT2D eigenvalue weighted by atomic mass is 35.5. The molecule has 0 amide bonds. The summed E-state index contributed by atoms with van der Waals surface area (Å²) in [6, 6.07) is 15.5. The van der Waals surface area contributed by atoms with Gasteiger partial charge in [-0.1, -0.05) is 11.6 Å². The number of ether oxygens (including phenoxy) is 1. The summed E-state index contributed by atoms with van der Waals surface area (Å²) in [5, 5.41) is 0. The standard InChI is InChI=1S/C18H13ClO2S2/c1-21-13-4-2-12(3-5-13)16-9-7-14(22-16)6-8-15(20)17-10-11-18(19)23-17/h2-11H,1H3/b8-6+. The summed E-state index contributed by atoms with van der Waals surface area (Å²) in [6.45, 7) is 0. The highest BCUT2D eigenvalue weighted by molar-refractivity contribution is 7.18. The zero-order valence-corrected chi connectivity index (χ0v) is 14.7. The predicted molar refractivity (Wildman–Crippen MR) is 99.0 cm³/mol. The number of halogens is 1. The first-order valence-electron chi connectivity index (χ1n) is 6.88. The number of ketones is 1. The molecule has 0 saturated carbocycles. The van der Waals surface area contributed by atoms with Gasteiger partial charge >= 0.3 is 0 Å². The molecule has 23 heavy (non-hydrogen) atoms. The highest BCUT2D eigenvalue weighted by Gasteiger charge is 2.06. The molecule has 3 rings (SSSR count). The Hall–Kier alpha value is -1.88. The molecule has 5 heteroatoms.